The number of hydrogen-bond donors (Lipinski definition) is 1. The van der Waals surface area contributed by atoms with Crippen LogP contribution in [0.2, 0.25) is 0 Å². The predicted molar refractivity (Wildman–Crippen MR) is 133 cm³/mol. The molecule has 0 saturated carbocycles. The molecule has 0 aliphatic carbocycles. The van der Waals surface area contributed by atoms with Crippen molar-refractivity contribution in [2.24, 2.45) is 0 Å². The Morgan fingerprint density at radius 3 is 2.16 bits per heavy atom. The Morgan fingerprint density at radius 2 is 1.58 bits per heavy atom. The second-order valence-electron chi connectivity index (χ2n) is 9.54. The molecule has 0 saturated heterocycles. The first-order valence-corrected chi connectivity index (χ1v) is 12.6. The molecular formula is C27H27F6NO3S. The van der Waals surface area contributed by atoms with Gasteiger partial charge in [-0.05, 0) is 61.7 Å². The van der Waals surface area contributed by atoms with Crippen molar-refractivity contribution in [1.82, 2.24) is 4.72 Å². The molecule has 0 aliphatic heterocycles. The van der Waals surface area contributed by atoms with Gasteiger partial charge in [0, 0.05) is 23.8 Å². The average molecular weight is 560 g/mol. The zero-order valence-corrected chi connectivity index (χ0v) is 21.9. The molecule has 3 rings (SSSR count). The first-order valence-electron chi connectivity index (χ1n) is 11.4. The van der Waals surface area contributed by atoms with Crippen LogP contribution in [0, 0.1) is 11.6 Å². The van der Waals surface area contributed by atoms with Crippen LogP contribution in [0.5, 0.6) is 11.5 Å². The van der Waals surface area contributed by atoms with Crippen molar-refractivity contribution in [1.29, 1.82) is 0 Å². The summed E-state index contributed by atoms with van der Waals surface area (Å²) in [5, 5.41) is 0. The lowest BCUT2D eigenvalue weighted by Crippen LogP contribution is -2.53. The number of nitrogens with one attached hydrogen (secondary N) is 1. The Kier molecular flexibility index (Phi) is 8.95. The van der Waals surface area contributed by atoms with E-state index in [1.807, 2.05) is 0 Å². The first-order chi connectivity index (χ1) is 17.7. The Labute approximate surface area is 220 Å². The molecule has 3 aromatic rings. The average Bonchev–Trinajstić information content (AvgIpc) is 2.83. The number of rotatable bonds is 10. The summed E-state index contributed by atoms with van der Waals surface area (Å²) in [6.45, 7) is 5.04. The summed E-state index contributed by atoms with van der Waals surface area (Å²) in [6.07, 6.45) is -9.09. The molecule has 0 heterocycles. The maximum atomic E-state index is 14.9. The van der Waals surface area contributed by atoms with Crippen LogP contribution < -0.4 is 14.2 Å². The van der Waals surface area contributed by atoms with Crippen molar-refractivity contribution in [3.63, 3.8) is 0 Å². The number of benzene rings is 3. The van der Waals surface area contributed by atoms with Gasteiger partial charge >= 0.3 is 12.5 Å². The summed E-state index contributed by atoms with van der Waals surface area (Å²) in [5.41, 5.74) is -0.832. The number of ether oxygens (including phenoxy) is 2. The Bertz CT molecular complexity index is 1240. The largest absolute Gasteiger partial charge is 0.598 e. The summed E-state index contributed by atoms with van der Waals surface area (Å²) in [4.78, 5) is 0. The molecule has 0 spiro atoms. The minimum absolute atomic E-state index is 0.0292. The lowest BCUT2D eigenvalue weighted by Gasteiger charge is -2.39. The van der Waals surface area contributed by atoms with E-state index in [9.17, 15) is 30.9 Å². The van der Waals surface area contributed by atoms with E-state index in [0.717, 1.165) is 18.2 Å². The van der Waals surface area contributed by atoms with Crippen LogP contribution in [-0.4, -0.2) is 28.9 Å². The van der Waals surface area contributed by atoms with Gasteiger partial charge < -0.3 is 14.0 Å². The Hall–Kier alpha value is -2.89. The lowest BCUT2D eigenvalue weighted by molar-refractivity contribution is -0.253. The highest BCUT2D eigenvalue weighted by Gasteiger charge is 2.46. The van der Waals surface area contributed by atoms with Crippen LogP contribution in [0.3, 0.4) is 0 Å². The van der Waals surface area contributed by atoms with Gasteiger partial charge in [-0.3, -0.25) is 0 Å². The summed E-state index contributed by atoms with van der Waals surface area (Å²) < 4.78 is 107. The number of halogens is 6. The van der Waals surface area contributed by atoms with Gasteiger partial charge in [0.1, 0.15) is 21.9 Å². The SMILES string of the molecule is COc1cc(C(Cc2ccccc2)(N[S@+]([O-])C(C)(C)C)c2cc(F)cc(OC(F)(F)C(F)F)c2)ccc1F. The van der Waals surface area contributed by atoms with E-state index in [-0.39, 0.29) is 23.3 Å². The normalized spacial score (nSPS) is 14.7. The van der Waals surface area contributed by atoms with Crippen LogP contribution >= 0.6 is 0 Å². The number of hydrogen-bond acceptors (Lipinski definition) is 4. The summed E-state index contributed by atoms with van der Waals surface area (Å²) in [6, 6.07) is 14.9. The van der Waals surface area contributed by atoms with Crippen molar-refractivity contribution >= 4 is 11.4 Å². The van der Waals surface area contributed by atoms with Gasteiger partial charge in [-0.1, -0.05) is 36.4 Å². The van der Waals surface area contributed by atoms with Crippen molar-refractivity contribution in [3.05, 3.63) is 95.1 Å². The fourth-order valence-electron chi connectivity index (χ4n) is 3.73. The smallest absolute Gasteiger partial charge is 0.461 e. The van der Waals surface area contributed by atoms with E-state index in [4.69, 9.17) is 4.74 Å². The molecule has 0 aromatic heterocycles. The molecule has 1 N–H and O–H groups in total. The fraction of sp³-hybridized carbons (Fsp3) is 0.333. The maximum Gasteiger partial charge on any atom is 0.461 e. The molecule has 0 bridgehead atoms. The third kappa shape index (κ3) is 6.75. The molecule has 0 amide bonds. The number of methoxy groups -OCH3 is 1. The topological polar surface area (TPSA) is 53.5 Å². The van der Waals surface area contributed by atoms with Crippen molar-refractivity contribution in [2.45, 2.75) is 50.0 Å². The van der Waals surface area contributed by atoms with E-state index >= 15 is 0 Å². The second-order valence-corrected chi connectivity index (χ2v) is 11.5. The third-order valence-corrected chi connectivity index (χ3v) is 7.30. The third-order valence-electron chi connectivity index (χ3n) is 5.65. The van der Waals surface area contributed by atoms with Gasteiger partial charge in [-0.15, -0.1) is 4.72 Å². The molecule has 11 heteroatoms. The monoisotopic (exact) mass is 559 g/mol. The first kappa shape index (κ1) is 29.7. The molecular weight excluding hydrogens is 532 g/mol. The Balaban J connectivity index is 2.34. The molecule has 0 radical (unpaired) electrons. The zero-order chi connectivity index (χ0) is 28.3. The molecule has 206 valence electrons. The minimum atomic E-state index is -4.89. The van der Waals surface area contributed by atoms with Crippen molar-refractivity contribution in [3.8, 4) is 11.5 Å². The van der Waals surface area contributed by atoms with Crippen LogP contribution in [0.25, 0.3) is 0 Å². The summed E-state index contributed by atoms with van der Waals surface area (Å²) >= 11 is -1.85. The highest BCUT2D eigenvalue weighted by Crippen LogP contribution is 2.40. The van der Waals surface area contributed by atoms with Crippen molar-refractivity contribution in [2.75, 3.05) is 7.11 Å². The van der Waals surface area contributed by atoms with Crippen molar-refractivity contribution < 1.29 is 40.4 Å². The van der Waals surface area contributed by atoms with E-state index in [2.05, 4.69) is 9.46 Å². The molecule has 0 aliphatic rings. The standard InChI is InChI=1S/C27H27F6NO3S/c1-25(2,3)38(35)34-26(16-17-8-6-5-7-9-17,18-10-11-22(29)23(14-18)36-4)19-12-20(28)15-21(13-19)37-27(32,33)24(30)31/h5-15,24,34H,16H2,1-4H3/t26?,38-/m1/s1. The fourth-order valence-corrected chi connectivity index (χ4v) is 4.66. The van der Waals surface area contributed by atoms with E-state index in [0.29, 0.717) is 11.6 Å². The van der Waals surface area contributed by atoms with Crippen LogP contribution in [0.15, 0.2) is 66.7 Å². The van der Waals surface area contributed by atoms with Crippen LogP contribution in [0.4, 0.5) is 26.3 Å². The van der Waals surface area contributed by atoms with Gasteiger partial charge in [0.05, 0.1) is 7.11 Å². The number of alkyl halides is 4. The van der Waals surface area contributed by atoms with E-state index in [1.54, 1.807) is 51.1 Å². The van der Waals surface area contributed by atoms with Crippen LogP contribution in [-0.2, 0) is 23.3 Å². The van der Waals surface area contributed by atoms with E-state index in [1.165, 1.54) is 19.2 Å². The molecule has 1 unspecified atom stereocenters. The van der Waals surface area contributed by atoms with Gasteiger partial charge in [0.15, 0.2) is 11.6 Å². The molecule has 0 fully saturated rings. The van der Waals surface area contributed by atoms with Crippen LogP contribution in [0.1, 0.15) is 37.5 Å². The second kappa shape index (κ2) is 11.5. The highest BCUT2D eigenvalue weighted by molar-refractivity contribution is 7.90. The maximum absolute atomic E-state index is 14.9. The molecule has 2 atom stereocenters. The van der Waals surface area contributed by atoms with Gasteiger partial charge in [0.2, 0.25) is 0 Å². The summed E-state index contributed by atoms with van der Waals surface area (Å²) in [5.74, 6) is -2.83. The molecule has 38 heavy (non-hydrogen) atoms. The van der Waals surface area contributed by atoms with Gasteiger partial charge in [0.25, 0.3) is 0 Å². The Morgan fingerprint density at radius 1 is 0.921 bits per heavy atom. The minimum Gasteiger partial charge on any atom is -0.598 e. The molecule has 4 nitrogen and oxygen atoms in total. The summed E-state index contributed by atoms with van der Waals surface area (Å²) in [7, 11) is 1.24. The highest BCUT2D eigenvalue weighted by atomic mass is 32.2. The zero-order valence-electron chi connectivity index (χ0n) is 21.0. The van der Waals surface area contributed by atoms with Gasteiger partial charge in [-0.25, -0.2) is 8.78 Å². The van der Waals surface area contributed by atoms with E-state index < -0.39 is 51.6 Å². The molecule has 3 aromatic carbocycles. The quantitative estimate of drug-likeness (QED) is 0.221. The predicted octanol–water partition coefficient (Wildman–Crippen LogP) is 6.75. The van der Waals surface area contributed by atoms with Gasteiger partial charge in [-0.2, -0.15) is 17.6 Å². The lowest BCUT2D eigenvalue weighted by atomic mass is 9.78.